The SMILES string of the molecule is CN1CCN(c2nnc3n2-c2ccccc2NN3)CC1. The van der Waals surface area contributed by atoms with Crippen molar-refractivity contribution in [2.24, 2.45) is 0 Å². The molecule has 1 saturated heterocycles. The van der Waals surface area contributed by atoms with Gasteiger partial charge in [-0.1, -0.05) is 12.1 Å². The Balaban J connectivity index is 1.76. The van der Waals surface area contributed by atoms with E-state index in [-0.39, 0.29) is 0 Å². The molecule has 0 spiro atoms. The number of para-hydroxylation sites is 2. The number of fused-ring (bicyclic) bond motifs is 3. The molecule has 1 aromatic heterocycles. The molecule has 2 aliphatic heterocycles. The molecule has 0 radical (unpaired) electrons. The van der Waals surface area contributed by atoms with Crippen LogP contribution in [0.15, 0.2) is 24.3 Å². The number of aromatic nitrogens is 3. The van der Waals surface area contributed by atoms with Crippen molar-refractivity contribution >= 4 is 17.6 Å². The summed E-state index contributed by atoms with van der Waals surface area (Å²) >= 11 is 0. The van der Waals surface area contributed by atoms with Gasteiger partial charge in [-0.15, -0.1) is 10.2 Å². The molecule has 20 heavy (non-hydrogen) atoms. The number of nitrogens with one attached hydrogen (secondary N) is 2. The van der Waals surface area contributed by atoms with Gasteiger partial charge in [0.2, 0.25) is 11.9 Å². The number of nitrogens with zero attached hydrogens (tertiary/aromatic N) is 5. The fraction of sp³-hybridized carbons (Fsp3) is 0.385. The van der Waals surface area contributed by atoms with Crippen LogP contribution in [0.3, 0.4) is 0 Å². The molecule has 0 atom stereocenters. The third kappa shape index (κ3) is 1.70. The minimum Gasteiger partial charge on any atom is -0.338 e. The van der Waals surface area contributed by atoms with Gasteiger partial charge in [-0.05, 0) is 19.2 Å². The zero-order chi connectivity index (χ0) is 13.5. The van der Waals surface area contributed by atoms with E-state index in [0.717, 1.165) is 49.5 Å². The van der Waals surface area contributed by atoms with Gasteiger partial charge in [0, 0.05) is 26.2 Å². The van der Waals surface area contributed by atoms with Crippen molar-refractivity contribution in [3.8, 4) is 5.69 Å². The van der Waals surface area contributed by atoms with Crippen LogP contribution in [0.1, 0.15) is 0 Å². The quantitative estimate of drug-likeness (QED) is 0.799. The zero-order valence-electron chi connectivity index (χ0n) is 11.4. The summed E-state index contributed by atoms with van der Waals surface area (Å²) in [5.41, 5.74) is 8.35. The minimum atomic E-state index is 0.734. The number of anilines is 3. The first kappa shape index (κ1) is 11.5. The van der Waals surface area contributed by atoms with E-state index in [9.17, 15) is 0 Å². The van der Waals surface area contributed by atoms with Crippen molar-refractivity contribution in [2.45, 2.75) is 0 Å². The molecule has 4 rings (SSSR count). The maximum atomic E-state index is 4.36. The summed E-state index contributed by atoms with van der Waals surface area (Å²) in [7, 11) is 2.15. The van der Waals surface area contributed by atoms with Crippen LogP contribution in [0.25, 0.3) is 5.69 Å². The first-order valence-corrected chi connectivity index (χ1v) is 6.83. The van der Waals surface area contributed by atoms with Crippen molar-refractivity contribution in [1.82, 2.24) is 19.7 Å². The second kappa shape index (κ2) is 4.38. The van der Waals surface area contributed by atoms with Crippen LogP contribution in [0.4, 0.5) is 17.6 Å². The Morgan fingerprint density at radius 2 is 1.80 bits per heavy atom. The van der Waals surface area contributed by atoms with Crippen LogP contribution in [0.5, 0.6) is 0 Å². The highest BCUT2D eigenvalue weighted by atomic mass is 15.5. The van der Waals surface area contributed by atoms with Gasteiger partial charge in [0.1, 0.15) is 0 Å². The Hall–Kier alpha value is -2.28. The smallest absolute Gasteiger partial charge is 0.249 e. The minimum absolute atomic E-state index is 0.734. The number of benzene rings is 1. The maximum absolute atomic E-state index is 4.36. The highest BCUT2D eigenvalue weighted by Crippen LogP contribution is 2.31. The van der Waals surface area contributed by atoms with Gasteiger partial charge in [-0.2, -0.15) is 0 Å². The second-order valence-electron chi connectivity index (χ2n) is 5.22. The molecule has 0 aliphatic carbocycles. The highest BCUT2D eigenvalue weighted by molar-refractivity contribution is 5.70. The molecule has 2 N–H and O–H groups in total. The number of hydrogen-bond acceptors (Lipinski definition) is 6. The van der Waals surface area contributed by atoms with E-state index in [4.69, 9.17) is 0 Å². The molecular formula is C13H17N7. The third-order valence-electron chi connectivity index (χ3n) is 3.89. The number of likely N-dealkylation sites (N-methyl/N-ethyl adjacent to an activating group) is 1. The van der Waals surface area contributed by atoms with Gasteiger partial charge in [0.05, 0.1) is 11.4 Å². The molecule has 1 aromatic carbocycles. The summed E-state index contributed by atoms with van der Waals surface area (Å²) < 4.78 is 2.08. The lowest BCUT2D eigenvalue weighted by molar-refractivity contribution is 0.310. The Bertz CT molecular complexity index is 627. The van der Waals surface area contributed by atoms with Gasteiger partial charge < -0.3 is 9.80 Å². The molecule has 7 nitrogen and oxygen atoms in total. The number of hydrazine groups is 1. The number of piperazine rings is 1. The van der Waals surface area contributed by atoms with E-state index in [1.165, 1.54) is 0 Å². The van der Waals surface area contributed by atoms with Crippen LogP contribution in [0, 0.1) is 0 Å². The molecule has 0 saturated carbocycles. The highest BCUT2D eigenvalue weighted by Gasteiger charge is 2.25. The third-order valence-corrected chi connectivity index (χ3v) is 3.89. The lowest BCUT2D eigenvalue weighted by atomic mass is 10.2. The summed E-state index contributed by atoms with van der Waals surface area (Å²) in [5.74, 6) is 1.65. The van der Waals surface area contributed by atoms with E-state index >= 15 is 0 Å². The maximum Gasteiger partial charge on any atom is 0.249 e. The van der Waals surface area contributed by atoms with Gasteiger partial charge in [-0.3, -0.25) is 10.9 Å². The number of rotatable bonds is 1. The second-order valence-corrected chi connectivity index (χ2v) is 5.22. The Morgan fingerprint density at radius 1 is 1.00 bits per heavy atom. The van der Waals surface area contributed by atoms with Crippen molar-refractivity contribution in [1.29, 1.82) is 0 Å². The lowest BCUT2D eigenvalue weighted by Gasteiger charge is -2.33. The van der Waals surface area contributed by atoms with Crippen LogP contribution < -0.4 is 15.8 Å². The lowest BCUT2D eigenvalue weighted by Crippen LogP contribution is -2.45. The van der Waals surface area contributed by atoms with E-state index in [0.29, 0.717) is 0 Å². The molecule has 2 aromatic rings. The largest absolute Gasteiger partial charge is 0.338 e. The first-order valence-electron chi connectivity index (χ1n) is 6.83. The van der Waals surface area contributed by atoms with Crippen molar-refractivity contribution in [3.05, 3.63) is 24.3 Å². The molecule has 0 unspecified atom stereocenters. The number of hydrogen-bond donors (Lipinski definition) is 2. The predicted molar refractivity (Wildman–Crippen MR) is 78.3 cm³/mol. The zero-order valence-corrected chi connectivity index (χ0v) is 11.4. The monoisotopic (exact) mass is 271 g/mol. The summed E-state index contributed by atoms with van der Waals surface area (Å²) in [6.07, 6.45) is 0. The van der Waals surface area contributed by atoms with Gasteiger partial charge in [0.15, 0.2) is 0 Å². The Labute approximate surface area is 117 Å². The van der Waals surface area contributed by atoms with E-state index in [2.05, 4.69) is 48.5 Å². The van der Waals surface area contributed by atoms with Crippen LogP contribution in [-0.2, 0) is 0 Å². The molecule has 2 aliphatic rings. The van der Waals surface area contributed by atoms with Crippen LogP contribution in [0.2, 0.25) is 0 Å². The van der Waals surface area contributed by atoms with Gasteiger partial charge >= 0.3 is 0 Å². The summed E-state index contributed by atoms with van der Waals surface area (Å²) in [4.78, 5) is 4.62. The fourth-order valence-electron chi connectivity index (χ4n) is 2.69. The van der Waals surface area contributed by atoms with E-state index < -0.39 is 0 Å². The predicted octanol–water partition coefficient (Wildman–Crippen LogP) is 0.771. The van der Waals surface area contributed by atoms with Crippen LogP contribution >= 0.6 is 0 Å². The van der Waals surface area contributed by atoms with Crippen molar-refractivity contribution in [3.63, 3.8) is 0 Å². The van der Waals surface area contributed by atoms with E-state index in [1.54, 1.807) is 0 Å². The van der Waals surface area contributed by atoms with Crippen molar-refractivity contribution < 1.29 is 0 Å². The molecule has 104 valence electrons. The average Bonchev–Trinajstić information content (AvgIpc) is 2.92. The molecule has 0 bridgehead atoms. The normalized spacial score (nSPS) is 17.9. The Morgan fingerprint density at radius 3 is 2.65 bits per heavy atom. The summed E-state index contributed by atoms with van der Waals surface area (Å²) in [6, 6.07) is 8.16. The van der Waals surface area contributed by atoms with Gasteiger partial charge in [0.25, 0.3) is 0 Å². The molecule has 3 heterocycles. The topological polar surface area (TPSA) is 61.3 Å². The molecular weight excluding hydrogens is 254 g/mol. The molecule has 7 heteroatoms. The molecule has 0 amide bonds. The van der Waals surface area contributed by atoms with Crippen molar-refractivity contribution in [2.75, 3.05) is 49.0 Å². The first-order chi connectivity index (χ1) is 9.83. The standard InChI is InChI=1S/C13H17N7/c1-18-6-8-19(9-7-18)13-17-16-12-15-14-10-4-2-3-5-11(10)20(12)13/h2-5,14H,6-9H2,1H3,(H,15,16). The summed E-state index contributed by atoms with van der Waals surface area (Å²) in [6.45, 7) is 4.06. The van der Waals surface area contributed by atoms with E-state index in [1.807, 2.05) is 18.2 Å². The fourth-order valence-corrected chi connectivity index (χ4v) is 2.69. The Kier molecular flexibility index (Phi) is 2.53. The van der Waals surface area contributed by atoms with Gasteiger partial charge in [-0.25, -0.2) is 4.57 Å². The average molecular weight is 271 g/mol. The van der Waals surface area contributed by atoms with Crippen LogP contribution in [-0.4, -0.2) is 52.9 Å². The molecule has 1 fully saturated rings. The summed E-state index contributed by atoms with van der Waals surface area (Å²) in [5, 5.41) is 8.60.